The van der Waals surface area contributed by atoms with Crippen LogP contribution in [0.3, 0.4) is 0 Å². The minimum absolute atomic E-state index is 0.129. The highest BCUT2D eigenvalue weighted by molar-refractivity contribution is 5.89. The molecule has 0 radical (unpaired) electrons. The van der Waals surface area contributed by atoms with E-state index >= 15 is 0 Å². The summed E-state index contributed by atoms with van der Waals surface area (Å²) in [6.07, 6.45) is 6.60. The fourth-order valence-electron chi connectivity index (χ4n) is 2.64. The van der Waals surface area contributed by atoms with Gasteiger partial charge in [-0.2, -0.15) is 0 Å². The molecule has 1 saturated carbocycles. The Morgan fingerprint density at radius 3 is 2.83 bits per heavy atom. The zero-order chi connectivity index (χ0) is 17.5. The van der Waals surface area contributed by atoms with Gasteiger partial charge in [0, 0.05) is 12.1 Å². The molecule has 8 heteroatoms. The summed E-state index contributed by atoms with van der Waals surface area (Å²) >= 11 is 0. The topological polar surface area (TPSA) is 112 Å². The predicted molar refractivity (Wildman–Crippen MR) is 84.9 cm³/mol. The van der Waals surface area contributed by atoms with Crippen molar-refractivity contribution in [1.29, 1.82) is 0 Å². The Morgan fingerprint density at radius 2 is 2.17 bits per heavy atom. The van der Waals surface area contributed by atoms with E-state index in [1.54, 1.807) is 0 Å². The molecule has 1 aromatic rings. The smallest absolute Gasteiger partial charge is 0.433 e. The SMILES string of the molecule is C[C@@H]1CCCC[C@H]1NC(=O)COC(=O)/C=C/c1ccc([N+](=O)[O-])o1. The Labute approximate surface area is 139 Å². The molecule has 8 nitrogen and oxygen atoms in total. The van der Waals surface area contributed by atoms with Crippen molar-refractivity contribution in [3.8, 4) is 0 Å². The van der Waals surface area contributed by atoms with Crippen molar-refractivity contribution in [3.05, 3.63) is 34.1 Å². The second-order valence-corrected chi connectivity index (χ2v) is 5.81. The van der Waals surface area contributed by atoms with Gasteiger partial charge in [-0.15, -0.1) is 0 Å². The van der Waals surface area contributed by atoms with Crippen LogP contribution >= 0.6 is 0 Å². The van der Waals surface area contributed by atoms with Crippen LogP contribution in [0, 0.1) is 16.0 Å². The lowest BCUT2D eigenvalue weighted by Gasteiger charge is -2.29. The molecule has 130 valence electrons. The Hall–Kier alpha value is -2.64. The maximum atomic E-state index is 11.8. The molecule has 1 heterocycles. The highest BCUT2D eigenvalue weighted by Crippen LogP contribution is 2.23. The number of carbonyl (C=O) groups excluding carboxylic acids is 2. The van der Waals surface area contributed by atoms with E-state index in [-0.39, 0.29) is 24.3 Å². The molecule has 0 unspecified atom stereocenters. The van der Waals surface area contributed by atoms with E-state index in [4.69, 9.17) is 9.15 Å². The van der Waals surface area contributed by atoms with E-state index in [0.717, 1.165) is 25.3 Å². The molecule has 2 rings (SSSR count). The molecule has 0 saturated heterocycles. The Balaban J connectivity index is 1.74. The van der Waals surface area contributed by atoms with Gasteiger partial charge >= 0.3 is 11.9 Å². The van der Waals surface area contributed by atoms with Crippen LogP contribution in [0.4, 0.5) is 5.88 Å². The monoisotopic (exact) mass is 336 g/mol. The second kappa shape index (κ2) is 8.28. The standard InChI is InChI=1S/C16H20N2O6/c1-11-4-2-3-5-13(11)17-14(19)10-23-16(20)9-7-12-6-8-15(24-12)18(21)22/h6-9,11,13H,2-5,10H2,1H3,(H,17,19)/b9-7+/t11-,13-/m1/s1. The van der Waals surface area contributed by atoms with Crippen molar-refractivity contribution >= 4 is 23.8 Å². The summed E-state index contributed by atoms with van der Waals surface area (Å²) in [5.41, 5.74) is 0. The summed E-state index contributed by atoms with van der Waals surface area (Å²) < 4.78 is 9.70. The van der Waals surface area contributed by atoms with Gasteiger partial charge in [0.15, 0.2) is 6.61 Å². The van der Waals surface area contributed by atoms with E-state index in [1.165, 1.54) is 24.6 Å². The van der Waals surface area contributed by atoms with Crippen LogP contribution in [-0.4, -0.2) is 29.4 Å². The average Bonchev–Trinajstić information content (AvgIpc) is 3.02. The first-order valence-corrected chi connectivity index (χ1v) is 7.84. The predicted octanol–water partition coefficient (Wildman–Crippen LogP) is 2.44. The molecular weight excluding hydrogens is 316 g/mol. The van der Waals surface area contributed by atoms with Gasteiger partial charge in [-0.3, -0.25) is 14.9 Å². The fourth-order valence-corrected chi connectivity index (χ4v) is 2.64. The number of hydrogen-bond acceptors (Lipinski definition) is 6. The van der Waals surface area contributed by atoms with Crippen LogP contribution in [-0.2, 0) is 14.3 Å². The zero-order valence-corrected chi connectivity index (χ0v) is 13.4. The first-order valence-electron chi connectivity index (χ1n) is 7.84. The van der Waals surface area contributed by atoms with Gasteiger partial charge in [0.05, 0.1) is 6.07 Å². The number of rotatable bonds is 6. The minimum Gasteiger partial charge on any atom is -0.452 e. The van der Waals surface area contributed by atoms with Crippen LogP contribution in [0.25, 0.3) is 6.08 Å². The molecule has 1 aliphatic rings. The first-order chi connectivity index (χ1) is 11.5. The Morgan fingerprint density at radius 1 is 1.42 bits per heavy atom. The molecule has 1 N–H and O–H groups in total. The van der Waals surface area contributed by atoms with Crippen molar-refractivity contribution in [2.75, 3.05) is 6.61 Å². The van der Waals surface area contributed by atoms with Crippen LogP contribution < -0.4 is 5.32 Å². The average molecular weight is 336 g/mol. The van der Waals surface area contributed by atoms with E-state index in [2.05, 4.69) is 12.2 Å². The molecule has 2 atom stereocenters. The third kappa shape index (κ3) is 5.22. The quantitative estimate of drug-likeness (QED) is 0.369. The summed E-state index contributed by atoms with van der Waals surface area (Å²) in [4.78, 5) is 33.2. The van der Waals surface area contributed by atoms with E-state index < -0.39 is 16.8 Å². The molecule has 1 aromatic heterocycles. The largest absolute Gasteiger partial charge is 0.452 e. The lowest BCUT2D eigenvalue weighted by atomic mass is 9.86. The number of nitro groups is 1. The molecule has 0 bridgehead atoms. The summed E-state index contributed by atoms with van der Waals surface area (Å²) in [5, 5.41) is 13.3. The number of hydrogen-bond donors (Lipinski definition) is 1. The highest BCUT2D eigenvalue weighted by Gasteiger charge is 2.22. The molecule has 1 amide bonds. The van der Waals surface area contributed by atoms with Gasteiger partial charge in [0.25, 0.3) is 5.91 Å². The number of carbonyl (C=O) groups is 2. The molecule has 1 fully saturated rings. The van der Waals surface area contributed by atoms with Gasteiger partial charge in [-0.05, 0) is 30.9 Å². The number of amides is 1. The van der Waals surface area contributed by atoms with Crippen LogP contribution in [0.1, 0.15) is 38.4 Å². The second-order valence-electron chi connectivity index (χ2n) is 5.81. The van der Waals surface area contributed by atoms with E-state index in [1.807, 2.05) is 0 Å². The number of furan rings is 1. The highest BCUT2D eigenvalue weighted by atomic mass is 16.6. The lowest BCUT2D eigenvalue weighted by molar-refractivity contribution is -0.402. The van der Waals surface area contributed by atoms with Crippen molar-refractivity contribution in [2.45, 2.75) is 38.6 Å². The summed E-state index contributed by atoms with van der Waals surface area (Å²) in [6.45, 7) is 1.74. The fraction of sp³-hybridized carbons (Fsp3) is 0.500. The maximum absolute atomic E-state index is 11.8. The molecule has 24 heavy (non-hydrogen) atoms. The van der Waals surface area contributed by atoms with Gasteiger partial charge in [0.2, 0.25) is 0 Å². The Bertz CT molecular complexity index is 636. The molecule has 1 aliphatic carbocycles. The van der Waals surface area contributed by atoms with Gasteiger partial charge in [-0.1, -0.05) is 19.8 Å². The summed E-state index contributed by atoms with van der Waals surface area (Å²) in [7, 11) is 0. The van der Waals surface area contributed by atoms with Crippen molar-refractivity contribution in [3.63, 3.8) is 0 Å². The number of nitrogens with one attached hydrogen (secondary N) is 1. The maximum Gasteiger partial charge on any atom is 0.433 e. The summed E-state index contributed by atoms with van der Waals surface area (Å²) in [5.74, 6) is -0.888. The summed E-state index contributed by atoms with van der Waals surface area (Å²) in [6, 6.07) is 2.67. The zero-order valence-electron chi connectivity index (χ0n) is 13.4. The normalized spacial score (nSPS) is 20.7. The minimum atomic E-state index is -0.721. The molecule has 0 aliphatic heterocycles. The lowest BCUT2D eigenvalue weighted by Crippen LogP contribution is -2.42. The molecule has 0 spiro atoms. The van der Waals surface area contributed by atoms with Crippen LogP contribution in [0.2, 0.25) is 0 Å². The van der Waals surface area contributed by atoms with Gasteiger partial charge < -0.3 is 14.5 Å². The number of ether oxygens (including phenoxy) is 1. The van der Waals surface area contributed by atoms with Crippen molar-refractivity contribution in [2.24, 2.45) is 5.92 Å². The third-order valence-corrected chi connectivity index (χ3v) is 3.98. The van der Waals surface area contributed by atoms with Gasteiger partial charge in [-0.25, -0.2) is 4.79 Å². The van der Waals surface area contributed by atoms with E-state index in [0.29, 0.717) is 5.92 Å². The number of esters is 1. The van der Waals surface area contributed by atoms with Crippen molar-refractivity contribution in [1.82, 2.24) is 5.32 Å². The van der Waals surface area contributed by atoms with Crippen LogP contribution in [0.15, 0.2) is 22.6 Å². The first kappa shape index (κ1) is 17.7. The molecular formula is C16H20N2O6. The van der Waals surface area contributed by atoms with E-state index in [9.17, 15) is 19.7 Å². The Kier molecular flexibility index (Phi) is 6.11. The third-order valence-electron chi connectivity index (χ3n) is 3.98. The van der Waals surface area contributed by atoms with Crippen LogP contribution in [0.5, 0.6) is 0 Å². The van der Waals surface area contributed by atoms with Crippen molar-refractivity contribution < 1.29 is 23.7 Å². The molecule has 0 aromatic carbocycles. The number of nitrogens with zero attached hydrogens (tertiary/aromatic N) is 1. The van der Waals surface area contributed by atoms with Gasteiger partial charge in [0.1, 0.15) is 10.7 Å².